The van der Waals surface area contributed by atoms with Gasteiger partial charge >= 0.3 is 0 Å². The summed E-state index contributed by atoms with van der Waals surface area (Å²) in [5.74, 6) is 1.06. The van der Waals surface area contributed by atoms with Crippen molar-refractivity contribution in [3.63, 3.8) is 0 Å². The SMILES string of the molecule is CN=C(NCc1ccc(C)cc1SC)NCC1CCN(S(C)(=O)=O)C1.I. The summed E-state index contributed by atoms with van der Waals surface area (Å²) in [5.41, 5.74) is 2.50. The second-order valence-corrected chi connectivity index (χ2v) is 9.23. The van der Waals surface area contributed by atoms with Gasteiger partial charge in [-0.3, -0.25) is 4.99 Å². The number of aryl methyl sites for hydroxylation is 1. The second-order valence-electron chi connectivity index (χ2n) is 6.40. The third-order valence-electron chi connectivity index (χ3n) is 4.39. The van der Waals surface area contributed by atoms with E-state index in [9.17, 15) is 8.42 Å². The van der Waals surface area contributed by atoms with Gasteiger partial charge in [-0.05, 0) is 42.7 Å². The number of nitrogens with zero attached hydrogens (tertiary/aromatic N) is 2. The molecule has 0 bridgehead atoms. The molecule has 1 aliphatic rings. The molecule has 0 saturated carbocycles. The first-order chi connectivity index (χ1) is 11.8. The molecule has 1 unspecified atom stereocenters. The lowest BCUT2D eigenvalue weighted by Crippen LogP contribution is -2.40. The van der Waals surface area contributed by atoms with Gasteiger partial charge in [0.05, 0.1) is 6.26 Å². The van der Waals surface area contributed by atoms with E-state index < -0.39 is 10.0 Å². The van der Waals surface area contributed by atoms with E-state index in [0.717, 1.165) is 18.9 Å². The first-order valence-electron chi connectivity index (χ1n) is 8.36. The molecule has 26 heavy (non-hydrogen) atoms. The van der Waals surface area contributed by atoms with E-state index in [1.165, 1.54) is 22.3 Å². The van der Waals surface area contributed by atoms with Crippen LogP contribution in [0.25, 0.3) is 0 Å². The minimum Gasteiger partial charge on any atom is -0.356 e. The Labute approximate surface area is 178 Å². The standard InChI is InChI=1S/C17H28N4O2S2.HI/c1-13-5-6-15(16(9-13)24-3)11-20-17(18-2)19-10-14-7-8-21(12-14)25(4,22)23;/h5-6,9,14H,7-8,10-12H2,1-4H3,(H2,18,19,20);1H. The number of hydrogen-bond acceptors (Lipinski definition) is 4. The molecule has 1 saturated heterocycles. The van der Waals surface area contributed by atoms with Gasteiger partial charge in [-0.1, -0.05) is 12.1 Å². The maximum absolute atomic E-state index is 11.6. The van der Waals surface area contributed by atoms with Crippen LogP contribution in [0, 0.1) is 12.8 Å². The Morgan fingerprint density at radius 2 is 2.12 bits per heavy atom. The Morgan fingerprint density at radius 3 is 2.69 bits per heavy atom. The summed E-state index contributed by atoms with van der Waals surface area (Å²) in [5, 5.41) is 6.65. The van der Waals surface area contributed by atoms with Crippen molar-refractivity contribution >= 4 is 51.7 Å². The number of halogens is 1. The molecule has 0 aliphatic carbocycles. The zero-order valence-electron chi connectivity index (χ0n) is 15.8. The monoisotopic (exact) mass is 512 g/mol. The van der Waals surface area contributed by atoms with Crippen LogP contribution in [0.5, 0.6) is 0 Å². The molecule has 1 heterocycles. The quantitative estimate of drug-likeness (QED) is 0.265. The van der Waals surface area contributed by atoms with E-state index >= 15 is 0 Å². The van der Waals surface area contributed by atoms with Gasteiger partial charge in [-0.25, -0.2) is 12.7 Å². The molecule has 1 atom stereocenters. The zero-order chi connectivity index (χ0) is 18.4. The predicted octanol–water partition coefficient (Wildman–Crippen LogP) is 2.28. The van der Waals surface area contributed by atoms with Crippen molar-refractivity contribution in [1.82, 2.24) is 14.9 Å². The summed E-state index contributed by atoms with van der Waals surface area (Å²) in [6.07, 6.45) is 4.23. The summed E-state index contributed by atoms with van der Waals surface area (Å²) in [4.78, 5) is 5.53. The summed E-state index contributed by atoms with van der Waals surface area (Å²) < 4.78 is 24.7. The fourth-order valence-electron chi connectivity index (χ4n) is 2.90. The lowest BCUT2D eigenvalue weighted by molar-refractivity contribution is 0.459. The Bertz CT molecular complexity index is 725. The summed E-state index contributed by atoms with van der Waals surface area (Å²) in [7, 11) is -1.33. The van der Waals surface area contributed by atoms with Crippen LogP contribution >= 0.6 is 35.7 Å². The molecule has 0 spiro atoms. The number of sulfonamides is 1. The van der Waals surface area contributed by atoms with Crippen LogP contribution in [0.4, 0.5) is 0 Å². The Kier molecular flexibility index (Phi) is 9.70. The van der Waals surface area contributed by atoms with Crippen molar-refractivity contribution in [2.45, 2.75) is 24.8 Å². The van der Waals surface area contributed by atoms with Crippen molar-refractivity contribution in [1.29, 1.82) is 0 Å². The highest BCUT2D eigenvalue weighted by Gasteiger charge is 2.28. The lowest BCUT2D eigenvalue weighted by atomic mass is 10.1. The second kappa shape index (κ2) is 10.7. The minimum absolute atomic E-state index is 0. The summed E-state index contributed by atoms with van der Waals surface area (Å²) in [6.45, 7) is 4.71. The highest BCUT2D eigenvalue weighted by molar-refractivity contribution is 14.0. The maximum Gasteiger partial charge on any atom is 0.211 e. The predicted molar refractivity (Wildman–Crippen MR) is 121 cm³/mol. The topological polar surface area (TPSA) is 73.8 Å². The van der Waals surface area contributed by atoms with Crippen LogP contribution in [0.3, 0.4) is 0 Å². The number of thioether (sulfide) groups is 1. The Balaban J connectivity index is 0.00000338. The summed E-state index contributed by atoms with van der Waals surface area (Å²) >= 11 is 1.74. The fourth-order valence-corrected chi connectivity index (χ4v) is 4.53. The normalized spacial score (nSPS) is 18.5. The van der Waals surface area contributed by atoms with Crippen molar-refractivity contribution in [3.05, 3.63) is 29.3 Å². The molecule has 1 aromatic carbocycles. The molecule has 0 aromatic heterocycles. The molecule has 6 nitrogen and oxygen atoms in total. The number of hydrogen-bond donors (Lipinski definition) is 2. The highest BCUT2D eigenvalue weighted by Crippen LogP contribution is 2.21. The van der Waals surface area contributed by atoms with Gasteiger partial charge in [0.25, 0.3) is 0 Å². The number of aliphatic imine (C=N–C) groups is 1. The van der Waals surface area contributed by atoms with Gasteiger partial charge in [-0.2, -0.15) is 0 Å². The van der Waals surface area contributed by atoms with Gasteiger partial charge in [0.1, 0.15) is 0 Å². The van der Waals surface area contributed by atoms with Gasteiger partial charge in [0, 0.05) is 38.1 Å². The average Bonchev–Trinajstić information content (AvgIpc) is 3.05. The smallest absolute Gasteiger partial charge is 0.211 e. The molecular formula is C17H29IN4O2S2. The molecular weight excluding hydrogens is 483 g/mol. The first-order valence-corrected chi connectivity index (χ1v) is 11.4. The fraction of sp³-hybridized carbons (Fsp3) is 0.588. The van der Waals surface area contributed by atoms with Crippen LogP contribution in [0.15, 0.2) is 28.1 Å². The van der Waals surface area contributed by atoms with Crippen LogP contribution in [-0.2, 0) is 16.6 Å². The third-order valence-corrected chi connectivity index (χ3v) is 6.48. The molecule has 1 aromatic rings. The lowest BCUT2D eigenvalue weighted by Gasteiger charge is -2.17. The van der Waals surface area contributed by atoms with Crippen LogP contribution < -0.4 is 10.6 Å². The molecule has 1 aliphatic heterocycles. The zero-order valence-corrected chi connectivity index (χ0v) is 19.7. The number of guanidine groups is 1. The van der Waals surface area contributed by atoms with Crippen molar-refractivity contribution in [2.24, 2.45) is 10.9 Å². The van der Waals surface area contributed by atoms with E-state index in [1.54, 1.807) is 23.1 Å². The molecule has 0 amide bonds. The number of nitrogens with one attached hydrogen (secondary N) is 2. The van der Waals surface area contributed by atoms with E-state index in [-0.39, 0.29) is 24.0 Å². The summed E-state index contributed by atoms with van der Waals surface area (Å²) in [6, 6.07) is 6.45. The van der Waals surface area contributed by atoms with Crippen LogP contribution in [-0.4, -0.2) is 57.9 Å². The van der Waals surface area contributed by atoms with E-state index in [4.69, 9.17) is 0 Å². The van der Waals surface area contributed by atoms with Gasteiger partial charge in [0.2, 0.25) is 10.0 Å². The molecule has 0 radical (unpaired) electrons. The molecule has 9 heteroatoms. The number of benzene rings is 1. The largest absolute Gasteiger partial charge is 0.356 e. The molecule has 148 valence electrons. The molecule has 2 rings (SSSR count). The van der Waals surface area contributed by atoms with E-state index in [1.807, 2.05) is 0 Å². The molecule has 1 fully saturated rings. The van der Waals surface area contributed by atoms with Crippen molar-refractivity contribution in [3.8, 4) is 0 Å². The van der Waals surface area contributed by atoms with E-state index in [2.05, 4.69) is 47.0 Å². The van der Waals surface area contributed by atoms with Crippen LogP contribution in [0.2, 0.25) is 0 Å². The number of rotatable bonds is 6. The van der Waals surface area contributed by atoms with Gasteiger partial charge < -0.3 is 10.6 Å². The Morgan fingerprint density at radius 1 is 1.38 bits per heavy atom. The highest BCUT2D eigenvalue weighted by atomic mass is 127. The van der Waals surface area contributed by atoms with E-state index in [0.29, 0.717) is 25.6 Å². The third kappa shape index (κ3) is 6.90. The van der Waals surface area contributed by atoms with Crippen LogP contribution in [0.1, 0.15) is 17.5 Å². The first kappa shape index (κ1) is 23.5. The Hall–Kier alpha value is -0.520. The van der Waals surface area contributed by atoms with Gasteiger partial charge in [0.15, 0.2) is 5.96 Å². The minimum atomic E-state index is -3.08. The van der Waals surface area contributed by atoms with Gasteiger partial charge in [-0.15, -0.1) is 35.7 Å². The van der Waals surface area contributed by atoms with Crippen molar-refractivity contribution in [2.75, 3.05) is 39.2 Å². The average molecular weight is 512 g/mol. The molecule has 2 N–H and O–H groups in total. The maximum atomic E-state index is 11.6. The van der Waals surface area contributed by atoms with Crippen molar-refractivity contribution < 1.29 is 8.42 Å².